The van der Waals surface area contributed by atoms with Gasteiger partial charge in [-0.15, -0.1) is 0 Å². The molecule has 2 rings (SSSR count). The van der Waals surface area contributed by atoms with Gasteiger partial charge in [0.1, 0.15) is 5.75 Å². The van der Waals surface area contributed by atoms with Crippen molar-refractivity contribution >= 4 is 5.91 Å². The Labute approximate surface area is 138 Å². The van der Waals surface area contributed by atoms with Crippen LogP contribution in [-0.4, -0.2) is 13.0 Å². The minimum absolute atomic E-state index is 0.0264. The van der Waals surface area contributed by atoms with Crippen LogP contribution >= 0.6 is 0 Å². The number of carbonyl (C=O) groups is 1. The second-order valence-electron chi connectivity index (χ2n) is 5.91. The summed E-state index contributed by atoms with van der Waals surface area (Å²) in [7, 11) is 1.65. The van der Waals surface area contributed by atoms with E-state index in [9.17, 15) is 4.79 Å². The molecular formula is C20H25NO2. The fraction of sp³-hybridized carbons (Fsp3) is 0.350. The molecule has 0 aliphatic carbocycles. The van der Waals surface area contributed by atoms with Crippen LogP contribution in [0.1, 0.15) is 41.6 Å². The van der Waals surface area contributed by atoms with Gasteiger partial charge >= 0.3 is 0 Å². The number of hydrogen-bond acceptors (Lipinski definition) is 2. The molecule has 0 radical (unpaired) electrons. The van der Waals surface area contributed by atoms with Crippen LogP contribution in [0.15, 0.2) is 42.5 Å². The molecule has 1 atom stereocenters. The smallest absolute Gasteiger partial charge is 0.224 e. The molecule has 0 saturated carbocycles. The molecule has 0 saturated heterocycles. The monoisotopic (exact) mass is 311 g/mol. The van der Waals surface area contributed by atoms with Gasteiger partial charge in [0.2, 0.25) is 5.91 Å². The summed E-state index contributed by atoms with van der Waals surface area (Å²) in [6, 6.07) is 14.1. The number of carbonyl (C=O) groups excluding carboxylic acids is 1. The Morgan fingerprint density at radius 3 is 2.43 bits per heavy atom. The first-order valence-corrected chi connectivity index (χ1v) is 8.03. The van der Waals surface area contributed by atoms with Crippen molar-refractivity contribution in [2.75, 3.05) is 7.11 Å². The Balaban J connectivity index is 2.05. The summed E-state index contributed by atoms with van der Waals surface area (Å²) in [6.07, 6.45) is 1.27. The molecule has 3 heteroatoms. The van der Waals surface area contributed by atoms with Crippen molar-refractivity contribution in [3.8, 4) is 5.75 Å². The van der Waals surface area contributed by atoms with E-state index in [4.69, 9.17) is 4.74 Å². The lowest BCUT2D eigenvalue weighted by molar-refractivity contribution is -0.121. The standard InChI is InChI=1S/C20H25NO2/c1-5-19(16-8-10-18(23-4)11-9-16)21-20(22)13-17-12-14(2)6-7-15(17)3/h6-12,19H,5,13H2,1-4H3,(H,21,22)/t19-/m1/s1. The third-order valence-corrected chi connectivity index (χ3v) is 4.12. The fourth-order valence-corrected chi connectivity index (χ4v) is 2.67. The van der Waals surface area contributed by atoms with E-state index in [1.54, 1.807) is 7.11 Å². The van der Waals surface area contributed by atoms with Crippen molar-refractivity contribution in [3.05, 3.63) is 64.7 Å². The lowest BCUT2D eigenvalue weighted by Gasteiger charge is -2.18. The van der Waals surface area contributed by atoms with Gasteiger partial charge in [-0.2, -0.15) is 0 Å². The van der Waals surface area contributed by atoms with Gasteiger partial charge in [-0.3, -0.25) is 4.79 Å². The molecule has 2 aromatic carbocycles. The van der Waals surface area contributed by atoms with Gasteiger partial charge in [0.05, 0.1) is 19.6 Å². The zero-order chi connectivity index (χ0) is 16.8. The number of nitrogens with one attached hydrogen (secondary N) is 1. The first-order valence-electron chi connectivity index (χ1n) is 8.03. The fourth-order valence-electron chi connectivity index (χ4n) is 2.67. The Morgan fingerprint density at radius 2 is 1.83 bits per heavy atom. The van der Waals surface area contributed by atoms with Gasteiger partial charge in [0.25, 0.3) is 0 Å². The Morgan fingerprint density at radius 1 is 1.13 bits per heavy atom. The molecule has 0 aliphatic rings. The average Bonchev–Trinajstić information content (AvgIpc) is 2.56. The van der Waals surface area contributed by atoms with E-state index >= 15 is 0 Å². The van der Waals surface area contributed by atoms with Crippen LogP contribution in [0.2, 0.25) is 0 Å². The van der Waals surface area contributed by atoms with E-state index < -0.39 is 0 Å². The summed E-state index contributed by atoms with van der Waals surface area (Å²) in [4.78, 5) is 12.4. The lowest BCUT2D eigenvalue weighted by Crippen LogP contribution is -2.29. The molecule has 0 aliphatic heterocycles. The third-order valence-electron chi connectivity index (χ3n) is 4.12. The Bertz CT molecular complexity index is 662. The molecule has 2 aromatic rings. The molecule has 1 amide bonds. The number of hydrogen-bond donors (Lipinski definition) is 1. The van der Waals surface area contributed by atoms with Crippen LogP contribution in [0.4, 0.5) is 0 Å². The highest BCUT2D eigenvalue weighted by Crippen LogP contribution is 2.20. The molecule has 0 bridgehead atoms. The lowest BCUT2D eigenvalue weighted by atomic mass is 10.0. The van der Waals surface area contributed by atoms with Crippen molar-refractivity contribution < 1.29 is 9.53 Å². The molecule has 3 nitrogen and oxygen atoms in total. The maximum atomic E-state index is 12.4. The minimum Gasteiger partial charge on any atom is -0.497 e. The summed E-state index contributed by atoms with van der Waals surface area (Å²) < 4.78 is 5.18. The van der Waals surface area contributed by atoms with E-state index in [2.05, 4.69) is 30.4 Å². The summed E-state index contributed by atoms with van der Waals surface area (Å²) in [6.45, 7) is 6.17. The number of benzene rings is 2. The highest BCUT2D eigenvalue weighted by atomic mass is 16.5. The quantitative estimate of drug-likeness (QED) is 0.871. The Hall–Kier alpha value is -2.29. The van der Waals surface area contributed by atoms with E-state index in [0.717, 1.165) is 28.9 Å². The predicted octanol–water partition coefficient (Wildman–Crippen LogP) is 4.12. The van der Waals surface area contributed by atoms with E-state index in [0.29, 0.717) is 6.42 Å². The number of aryl methyl sites for hydroxylation is 2. The van der Waals surface area contributed by atoms with Crippen LogP contribution in [0.25, 0.3) is 0 Å². The topological polar surface area (TPSA) is 38.3 Å². The van der Waals surface area contributed by atoms with E-state index in [-0.39, 0.29) is 11.9 Å². The molecule has 122 valence electrons. The van der Waals surface area contributed by atoms with Gasteiger partial charge in [0.15, 0.2) is 0 Å². The normalized spacial score (nSPS) is 11.8. The molecule has 0 fully saturated rings. The average molecular weight is 311 g/mol. The van der Waals surface area contributed by atoms with Gasteiger partial charge in [-0.1, -0.05) is 42.8 Å². The van der Waals surface area contributed by atoms with E-state index in [1.807, 2.05) is 38.1 Å². The molecule has 0 heterocycles. The summed E-state index contributed by atoms with van der Waals surface area (Å²) >= 11 is 0. The van der Waals surface area contributed by atoms with Crippen molar-refractivity contribution in [1.29, 1.82) is 0 Å². The highest BCUT2D eigenvalue weighted by Gasteiger charge is 2.14. The van der Waals surface area contributed by atoms with Crippen LogP contribution in [0, 0.1) is 13.8 Å². The van der Waals surface area contributed by atoms with Crippen LogP contribution in [0.3, 0.4) is 0 Å². The molecular weight excluding hydrogens is 286 g/mol. The highest BCUT2D eigenvalue weighted by molar-refractivity contribution is 5.79. The maximum Gasteiger partial charge on any atom is 0.224 e. The zero-order valence-corrected chi connectivity index (χ0v) is 14.3. The first kappa shape index (κ1) is 17.1. The maximum absolute atomic E-state index is 12.4. The third kappa shape index (κ3) is 4.59. The van der Waals surface area contributed by atoms with Crippen LogP contribution in [-0.2, 0) is 11.2 Å². The SMILES string of the molecule is CC[C@@H](NC(=O)Cc1cc(C)ccc1C)c1ccc(OC)cc1. The summed E-state index contributed by atoms with van der Waals surface area (Å²) in [5.74, 6) is 0.881. The molecule has 23 heavy (non-hydrogen) atoms. The largest absolute Gasteiger partial charge is 0.497 e. The summed E-state index contributed by atoms with van der Waals surface area (Å²) in [5, 5.41) is 3.14. The number of ether oxygens (including phenoxy) is 1. The summed E-state index contributed by atoms with van der Waals surface area (Å²) in [5.41, 5.74) is 4.53. The van der Waals surface area contributed by atoms with E-state index in [1.165, 1.54) is 5.56 Å². The van der Waals surface area contributed by atoms with Crippen LogP contribution < -0.4 is 10.1 Å². The molecule has 0 unspecified atom stereocenters. The first-order chi connectivity index (χ1) is 11.0. The van der Waals surface area contributed by atoms with Crippen molar-refractivity contribution in [2.45, 2.75) is 39.7 Å². The number of rotatable bonds is 6. The van der Waals surface area contributed by atoms with Gasteiger partial charge in [-0.05, 0) is 49.1 Å². The van der Waals surface area contributed by atoms with Crippen molar-refractivity contribution in [2.24, 2.45) is 0 Å². The zero-order valence-electron chi connectivity index (χ0n) is 14.3. The minimum atomic E-state index is 0.0264. The molecule has 1 N–H and O–H groups in total. The molecule has 0 spiro atoms. The van der Waals surface area contributed by atoms with Gasteiger partial charge in [-0.25, -0.2) is 0 Å². The second kappa shape index (κ2) is 7.82. The van der Waals surface area contributed by atoms with Crippen molar-refractivity contribution in [1.82, 2.24) is 5.32 Å². The second-order valence-corrected chi connectivity index (χ2v) is 5.91. The van der Waals surface area contributed by atoms with Gasteiger partial charge in [0, 0.05) is 0 Å². The molecule has 0 aromatic heterocycles. The van der Waals surface area contributed by atoms with Crippen molar-refractivity contribution in [3.63, 3.8) is 0 Å². The van der Waals surface area contributed by atoms with Gasteiger partial charge < -0.3 is 10.1 Å². The predicted molar refractivity (Wildman–Crippen MR) is 93.8 cm³/mol. The number of methoxy groups -OCH3 is 1. The number of amides is 1. The van der Waals surface area contributed by atoms with Crippen LogP contribution in [0.5, 0.6) is 5.75 Å². The Kier molecular flexibility index (Phi) is 5.80.